The Morgan fingerprint density at radius 2 is 2.27 bits per heavy atom. The number of thioether (sulfide) groups is 1. The first kappa shape index (κ1) is 12.3. The Bertz CT molecular complexity index is 289. The highest BCUT2D eigenvalue weighted by Gasteiger charge is 2.00. The molecule has 3 nitrogen and oxygen atoms in total. The largest absolute Gasteiger partial charge is 0.373 e. The van der Waals surface area contributed by atoms with E-state index >= 15 is 0 Å². The summed E-state index contributed by atoms with van der Waals surface area (Å²) in [6.45, 7) is 1.12. The molecule has 1 heterocycles. The average molecular weight is 225 g/mol. The third-order valence-corrected chi connectivity index (χ3v) is 3.05. The zero-order valence-electron chi connectivity index (χ0n) is 9.66. The van der Waals surface area contributed by atoms with Crippen molar-refractivity contribution >= 4 is 17.6 Å². The van der Waals surface area contributed by atoms with Gasteiger partial charge in [-0.1, -0.05) is 6.07 Å². The molecule has 15 heavy (non-hydrogen) atoms. The van der Waals surface area contributed by atoms with Crippen LogP contribution in [0, 0.1) is 0 Å². The molecule has 0 fully saturated rings. The van der Waals surface area contributed by atoms with Crippen LogP contribution in [0.4, 0.5) is 5.82 Å². The van der Waals surface area contributed by atoms with Gasteiger partial charge in [-0.05, 0) is 20.2 Å². The molecule has 0 amide bonds. The lowest BCUT2D eigenvalue weighted by atomic mass is 10.3. The molecule has 0 radical (unpaired) electrons. The zero-order chi connectivity index (χ0) is 11.1. The van der Waals surface area contributed by atoms with Crippen LogP contribution in [0.3, 0.4) is 0 Å². The molecule has 0 aliphatic heterocycles. The Balaban J connectivity index is 2.36. The van der Waals surface area contributed by atoms with Gasteiger partial charge >= 0.3 is 0 Å². The standard InChI is InChI=1S/C11H19N3S/c1-12-11-10(5-4-6-13-11)9-15-8-7-14(2)3/h4-6H,7-9H2,1-3H3,(H,12,13). The van der Waals surface area contributed by atoms with E-state index in [1.165, 1.54) is 5.56 Å². The number of hydrogen-bond donors (Lipinski definition) is 1. The van der Waals surface area contributed by atoms with Crippen LogP contribution >= 0.6 is 11.8 Å². The summed E-state index contributed by atoms with van der Waals surface area (Å²) in [5.74, 6) is 3.18. The van der Waals surface area contributed by atoms with Gasteiger partial charge in [-0.3, -0.25) is 0 Å². The number of aromatic nitrogens is 1. The SMILES string of the molecule is CNc1ncccc1CSCCN(C)C. The van der Waals surface area contributed by atoms with Gasteiger partial charge in [0.1, 0.15) is 5.82 Å². The number of rotatable bonds is 6. The molecule has 84 valence electrons. The Labute approximate surface area is 96.3 Å². The summed E-state index contributed by atoms with van der Waals surface area (Å²) in [4.78, 5) is 6.48. The smallest absolute Gasteiger partial charge is 0.129 e. The van der Waals surface area contributed by atoms with E-state index in [0.717, 1.165) is 23.9 Å². The van der Waals surface area contributed by atoms with Crippen molar-refractivity contribution in [2.45, 2.75) is 5.75 Å². The van der Waals surface area contributed by atoms with Crippen LogP contribution in [0.5, 0.6) is 0 Å². The molecule has 0 saturated heterocycles. The highest BCUT2D eigenvalue weighted by molar-refractivity contribution is 7.98. The van der Waals surface area contributed by atoms with Gasteiger partial charge in [0.2, 0.25) is 0 Å². The van der Waals surface area contributed by atoms with Crippen molar-refractivity contribution < 1.29 is 0 Å². The van der Waals surface area contributed by atoms with Gasteiger partial charge in [0.15, 0.2) is 0 Å². The Morgan fingerprint density at radius 1 is 1.47 bits per heavy atom. The minimum absolute atomic E-state index is 0.995. The number of nitrogens with one attached hydrogen (secondary N) is 1. The summed E-state index contributed by atoms with van der Waals surface area (Å²) in [7, 11) is 6.11. The summed E-state index contributed by atoms with van der Waals surface area (Å²) in [5, 5.41) is 3.11. The summed E-state index contributed by atoms with van der Waals surface area (Å²) >= 11 is 1.94. The van der Waals surface area contributed by atoms with E-state index in [9.17, 15) is 0 Å². The van der Waals surface area contributed by atoms with Gasteiger partial charge in [0.25, 0.3) is 0 Å². The Kier molecular flexibility index (Phi) is 5.50. The number of anilines is 1. The van der Waals surface area contributed by atoms with Gasteiger partial charge in [0.05, 0.1) is 0 Å². The highest BCUT2D eigenvalue weighted by atomic mass is 32.2. The molecule has 1 rings (SSSR count). The van der Waals surface area contributed by atoms with Crippen LogP contribution in [0.2, 0.25) is 0 Å². The second-order valence-corrected chi connectivity index (χ2v) is 4.72. The first-order valence-corrected chi connectivity index (χ1v) is 6.23. The van der Waals surface area contributed by atoms with Crippen LogP contribution in [0.25, 0.3) is 0 Å². The summed E-state index contributed by atoms with van der Waals surface area (Å²) in [6.07, 6.45) is 1.82. The lowest BCUT2D eigenvalue weighted by molar-refractivity contribution is 0.437. The number of pyridine rings is 1. The van der Waals surface area contributed by atoms with E-state index in [1.54, 1.807) is 0 Å². The normalized spacial score (nSPS) is 10.7. The van der Waals surface area contributed by atoms with Crippen molar-refractivity contribution in [3.8, 4) is 0 Å². The fourth-order valence-electron chi connectivity index (χ4n) is 1.21. The molecule has 0 saturated carbocycles. The monoisotopic (exact) mass is 225 g/mol. The van der Waals surface area contributed by atoms with Gasteiger partial charge in [-0.25, -0.2) is 4.98 Å². The topological polar surface area (TPSA) is 28.2 Å². The Morgan fingerprint density at radius 3 is 2.93 bits per heavy atom. The first-order valence-electron chi connectivity index (χ1n) is 5.08. The fourth-order valence-corrected chi connectivity index (χ4v) is 2.30. The van der Waals surface area contributed by atoms with Crippen molar-refractivity contribution in [2.75, 3.05) is 38.8 Å². The molecule has 0 aromatic carbocycles. The predicted molar refractivity (Wildman–Crippen MR) is 68.5 cm³/mol. The maximum atomic E-state index is 4.28. The minimum Gasteiger partial charge on any atom is -0.373 e. The van der Waals surface area contributed by atoms with Gasteiger partial charge in [-0.15, -0.1) is 0 Å². The van der Waals surface area contributed by atoms with E-state index in [-0.39, 0.29) is 0 Å². The summed E-state index contributed by atoms with van der Waals surface area (Å²) < 4.78 is 0. The van der Waals surface area contributed by atoms with E-state index in [2.05, 4.69) is 35.4 Å². The van der Waals surface area contributed by atoms with Crippen molar-refractivity contribution in [3.05, 3.63) is 23.9 Å². The van der Waals surface area contributed by atoms with Crippen molar-refractivity contribution in [1.82, 2.24) is 9.88 Å². The van der Waals surface area contributed by atoms with Crippen molar-refractivity contribution in [2.24, 2.45) is 0 Å². The molecule has 0 unspecified atom stereocenters. The minimum atomic E-state index is 0.995. The third kappa shape index (κ3) is 4.53. The maximum absolute atomic E-state index is 4.28. The van der Waals surface area contributed by atoms with Crippen LogP contribution < -0.4 is 5.32 Å². The van der Waals surface area contributed by atoms with E-state index in [4.69, 9.17) is 0 Å². The molecule has 0 aliphatic rings. The number of nitrogens with zero attached hydrogens (tertiary/aromatic N) is 2. The van der Waals surface area contributed by atoms with Crippen LogP contribution in [-0.4, -0.2) is 43.3 Å². The van der Waals surface area contributed by atoms with Crippen LogP contribution in [0.1, 0.15) is 5.56 Å². The third-order valence-electron chi connectivity index (χ3n) is 2.07. The van der Waals surface area contributed by atoms with E-state index in [0.29, 0.717) is 0 Å². The molecule has 0 aliphatic carbocycles. The van der Waals surface area contributed by atoms with Gasteiger partial charge in [-0.2, -0.15) is 11.8 Å². The van der Waals surface area contributed by atoms with E-state index in [1.807, 2.05) is 31.1 Å². The molecule has 0 atom stereocenters. The van der Waals surface area contributed by atoms with Gasteiger partial charge < -0.3 is 10.2 Å². The molecular weight excluding hydrogens is 206 g/mol. The molecule has 0 bridgehead atoms. The summed E-state index contributed by atoms with van der Waals surface area (Å²) in [5.41, 5.74) is 1.28. The molecule has 4 heteroatoms. The molecule has 0 spiro atoms. The van der Waals surface area contributed by atoms with Crippen molar-refractivity contribution in [3.63, 3.8) is 0 Å². The lowest BCUT2D eigenvalue weighted by Gasteiger charge is -2.10. The Hall–Kier alpha value is -0.740. The summed E-state index contributed by atoms with van der Waals surface area (Å²) in [6, 6.07) is 4.12. The zero-order valence-corrected chi connectivity index (χ0v) is 10.5. The molecule has 1 N–H and O–H groups in total. The van der Waals surface area contributed by atoms with Gasteiger partial charge in [0, 0.05) is 36.9 Å². The number of hydrogen-bond acceptors (Lipinski definition) is 4. The quantitative estimate of drug-likeness (QED) is 0.749. The molecule has 1 aromatic heterocycles. The lowest BCUT2D eigenvalue weighted by Crippen LogP contribution is -2.14. The van der Waals surface area contributed by atoms with Crippen LogP contribution in [-0.2, 0) is 5.75 Å². The van der Waals surface area contributed by atoms with E-state index < -0.39 is 0 Å². The highest BCUT2D eigenvalue weighted by Crippen LogP contribution is 2.17. The second kappa shape index (κ2) is 6.69. The first-order chi connectivity index (χ1) is 7.24. The average Bonchev–Trinajstić information content (AvgIpc) is 2.24. The molecule has 1 aromatic rings. The second-order valence-electron chi connectivity index (χ2n) is 3.62. The molecular formula is C11H19N3S. The van der Waals surface area contributed by atoms with Crippen LogP contribution in [0.15, 0.2) is 18.3 Å². The van der Waals surface area contributed by atoms with Crippen molar-refractivity contribution in [1.29, 1.82) is 0 Å². The fraction of sp³-hybridized carbons (Fsp3) is 0.545. The maximum Gasteiger partial charge on any atom is 0.129 e. The predicted octanol–water partition coefficient (Wildman–Crippen LogP) is 1.92.